The molecular weight excluding hydrogens is 268 g/mol. The van der Waals surface area contributed by atoms with Crippen molar-refractivity contribution < 1.29 is 19.4 Å². The molecule has 0 fully saturated rings. The van der Waals surface area contributed by atoms with E-state index in [0.717, 1.165) is 32.1 Å². The smallest absolute Gasteiger partial charge is 0.306 e. The average molecular weight is 300 g/mol. The quantitative estimate of drug-likeness (QED) is 0.373. The van der Waals surface area contributed by atoms with E-state index in [4.69, 9.17) is 9.84 Å². The Morgan fingerprint density at radius 1 is 0.905 bits per heavy atom. The van der Waals surface area contributed by atoms with E-state index in [1.54, 1.807) is 0 Å². The van der Waals surface area contributed by atoms with Crippen LogP contribution >= 0.6 is 0 Å². The first-order chi connectivity index (χ1) is 10.1. The van der Waals surface area contributed by atoms with Crippen molar-refractivity contribution in [1.29, 1.82) is 0 Å². The molecule has 0 aliphatic carbocycles. The molecule has 124 valence electrons. The van der Waals surface area contributed by atoms with Gasteiger partial charge < -0.3 is 9.84 Å². The molecule has 0 aliphatic rings. The number of esters is 1. The van der Waals surface area contributed by atoms with Crippen molar-refractivity contribution in [3.63, 3.8) is 0 Å². The first-order valence-corrected chi connectivity index (χ1v) is 8.47. The molecule has 0 aromatic heterocycles. The van der Waals surface area contributed by atoms with Crippen LogP contribution in [-0.2, 0) is 14.3 Å². The summed E-state index contributed by atoms with van der Waals surface area (Å²) >= 11 is 0. The van der Waals surface area contributed by atoms with Crippen LogP contribution in [-0.4, -0.2) is 23.1 Å². The zero-order valence-corrected chi connectivity index (χ0v) is 13.7. The molecule has 0 heterocycles. The molecule has 0 amide bonds. The molecule has 0 bridgehead atoms. The van der Waals surface area contributed by atoms with Crippen molar-refractivity contribution >= 4 is 11.9 Å². The van der Waals surface area contributed by atoms with Crippen molar-refractivity contribution in [2.75, 3.05) is 0 Å². The van der Waals surface area contributed by atoms with E-state index in [-0.39, 0.29) is 18.5 Å². The lowest BCUT2D eigenvalue weighted by Crippen LogP contribution is -2.14. The summed E-state index contributed by atoms with van der Waals surface area (Å²) in [4.78, 5) is 21.9. The van der Waals surface area contributed by atoms with E-state index in [0.29, 0.717) is 12.8 Å². The summed E-state index contributed by atoms with van der Waals surface area (Å²) < 4.78 is 5.37. The summed E-state index contributed by atoms with van der Waals surface area (Å²) in [7, 11) is 0. The van der Waals surface area contributed by atoms with Gasteiger partial charge >= 0.3 is 11.9 Å². The van der Waals surface area contributed by atoms with E-state index >= 15 is 0 Å². The highest BCUT2D eigenvalue weighted by molar-refractivity contribution is 5.69. The van der Waals surface area contributed by atoms with Gasteiger partial charge in [0.25, 0.3) is 0 Å². The van der Waals surface area contributed by atoms with Crippen molar-refractivity contribution in [1.82, 2.24) is 0 Å². The Hall–Kier alpha value is -1.06. The minimum atomic E-state index is -0.748. The van der Waals surface area contributed by atoms with Gasteiger partial charge in [-0.15, -0.1) is 0 Å². The number of aliphatic carboxylic acids is 1. The van der Waals surface area contributed by atoms with Crippen LogP contribution in [0.3, 0.4) is 0 Å². The Kier molecular flexibility index (Phi) is 13.2. The van der Waals surface area contributed by atoms with Crippen LogP contribution in [0.2, 0.25) is 0 Å². The molecule has 0 saturated heterocycles. The Balaban J connectivity index is 3.41. The number of unbranched alkanes of at least 4 members (excludes halogenated alkanes) is 7. The number of hydrogen-bond acceptors (Lipinski definition) is 3. The number of ether oxygens (including phenoxy) is 1. The van der Waals surface area contributed by atoms with Gasteiger partial charge in [-0.3, -0.25) is 9.59 Å². The van der Waals surface area contributed by atoms with E-state index in [9.17, 15) is 9.59 Å². The van der Waals surface area contributed by atoms with Crippen molar-refractivity contribution in [3.8, 4) is 0 Å². The highest BCUT2D eigenvalue weighted by Crippen LogP contribution is 2.11. The largest absolute Gasteiger partial charge is 0.481 e. The lowest BCUT2D eigenvalue weighted by atomic mass is 10.1. The van der Waals surface area contributed by atoms with Gasteiger partial charge in [0.15, 0.2) is 0 Å². The van der Waals surface area contributed by atoms with Gasteiger partial charge in [0.05, 0.1) is 6.10 Å². The summed E-state index contributed by atoms with van der Waals surface area (Å²) in [5.74, 6) is -0.864. The molecule has 0 aromatic rings. The molecule has 1 atom stereocenters. The molecule has 1 unspecified atom stereocenters. The van der Waals surface area contributed by atoms with Gasteiger partial charge in [0.2, 0.25) is 0 Å². The predicted octanol–water partition coefficient (Wildman–Crippen LogP) is 4.70. The monoisotopic (exact) mass is 300 g/mol. The van der Waals surface area contributed by atoms with Gasteiger partial charge in [0.1, 0.15) is 0 Å². The molecule has 4 nitrogen and oxygen atoms in total. The molecule has 0 saturated carbocycles. The fourth-order valence-electron chi connectivity index (χ4n) is 2.28. The summed E-state index contributed by atoms with van der Waals surface area (Å²) in [5.41, 5.74) is 0. The maximum absolute atomic E-state index is 11.6. The third-order valence-electron chi connectivity index (χ3n) is 3.57. The SMILES string of the molecule is CCCCCCCC(C)OC(=O)CCCCCCC(=O)O. The van der Waals surface area contributed by atoms with Crippen LogP contribution < -0.4 is 0 Å². The molecule has 0 radical (unpaired) electrons. The molecule has 4 heteroatoms. The van der Waals surface area contributed by atoms with Crippen molar-refractivity contribution in [2.45, 2.75) is 97.0 Å². The zero-order valence-electron chi connectivity index (χ0n) is 13.7. The van der Waals surface area contributed by atoms with Gasteiger partial charge in [-0.1, -0.05) is 45.4 Å². The Bertz CT molecular complexity index is 276. The molecule has 0 aliphatic heterocycles. The molecular formula is C17H32O4. The fourth-order valence-corrected chi connectivity index (χ4v) is 2.28. The minimum Gasteiger partial charge on any atom is -0.481 e. The standard InChI is InChI=1S/C17H32O4/c1-3-4-5-6-9-12-15(2)21-17(20)14-11-8-7-10-13-16(18)19/h15H,3-14H2,1-2H3,(H,18,19). The van der Waals surface area contributed by atoms with E-state index in [2.05, 4.69) is 6.92 Å². The third-order valence-corrected chi connectivity index (χ3v) is 3.57. The van der Waals surface area contributed by atoms with E-state index in [1.165, 1.54) is 25.7 Å². The maximum atomic E-state index is 11.6. The first kappa shape index (κ1) is 19.9. The Labute approximate surface area is 129 Å². The number of carbonyl (C=O) groups excluding carboxylic acids is 1. The van der Waals surface area contributed by atoms with Crippen molar-refractivity contribution in [2.24, 2.45) is 0 Å². The summed E-state index contributed by atoms with van der Waals surface area (Å²) in [6.45, 7) is 4.16. The lowest BCUT2D eigenvalue weighted by Gasteiger charge is -2.13. The number of carboxylic acids is 1. The van der Waals surface area contributed by atoms with Crippen LogP contribution in [0.1, 0.15) is 90.9 Å². The Morgan fingerprint density at radius 3 is 2.10 bits per heavy atom. The second-order valence-corrected chi connectivity index (χ2v) is 5.81. The summed E-state index contributed by atoms with van der Waals surface area (Å²) in [6.07, 6.45) is 11.1. The summed E-state index contributed by atoms with van der Waals surface area (Å²) in [5, 5.41) is 8.50. The lowest BCUT2D eigenvalue weighted by molar-refractivity contribution is -0.148. The van der Waals surface area contributed by atoms with Gasteiger partial charge in [-0.05, 0) is 32.6 Å². The van der Waals surface area contributed by atoms with Crippen LogP contribution in [0.25, 0.3) is 0 Å². The molecule has 21 heavy (non-hydrogen) atoms. The number of carbonyl (C=O) groups is 2. The Morgan fingerprint density at radius 2 is 1.48 bits per heavy atom. The third kappa shape index (κ3) is 15.2. The van der Waals surface area contributed by atoms with Crippen LogP contribution in [0, 0.1) is 0 Å². The highest BCUT2D eigenvalue weighted by Gasteiger charge is 2.09. The maximum Gasteiger partial charge on any atom is 0.306 e. The second-order valence-electron chi connectivity index (χ2n) is 5.81. The normalized spacial score (nSPS) is 12.1. The number of hydrogen-bond donors (Lipinski definition) is 1. The highest BCUT2D eigenvalue weighted by atomic mass is 16.5. The minimum absolute atomic E-state index is 0.0196. The average Bonchev–Trinajstić information content (AvgIpc) is 2.42. The number of carboxylic acid groups (broad SMARTS) is 1. The van der Waals surface area contributed by atoms with Crippen LogP contribution in [0.15, 0.2) is 0 Å². The second kappa shape index (κ2) is 13.9. The molecule has 0 rings (SSSR count). The summed E-state index contributed by atoms with van der Waals surface area (Å²) in [6, 6.07) is 0. The van der Waals surface area contributed by atoms with E-state index < -0.39 is 5.97 Å². The van der Waals surface area contributed by atoms with Gasteiger partial charge in [0, 0.05) is 12.8 Å². The zero-order chi connectivity index (χ0) is 15.9. The van der Waals surface area contributed by atoms with Crippen LogP contribution in [0.4, 0.5) is 0 Å². The fraction of sp³-hybridized carbons (Fsp3) is 0.882. The molecule has 1 N–H and O–H groups in total. The van der Waals surface area contributed by atoms with Crippen LogP contribution in [0.5, 0.6) is 0 Å². The van der Waals surface area contributed by atoms with Gasteiger partial charge in [-0.25, -0.2) is 0 Å². The molecule has 0 aromatic carbocycles. The predicted molar refractivity (Wildman–Crippen MR) is 84.3 cm³/mol. The van der Waals surface area contributed by atoms with Gasteiger partial charge in [-0.2, -0.15) is 0 Å². The number of rotatable bonds is 14. The molecule has 0 spiro atoms. The first-order valence-electron chi connectivity index (χ1n) is 8.47. The van der Waals surface area contributed by atoms with Crippen molar-refractivity contribution in [3.05, 3.63) is 0 Å². The topological polar surface area (TPSA) is 63.6 Å². The van der Waals surface area contributed by atoms with E-state index in [1.807, 2.05) is 6.92 Å².